The van der Waals surface area contributed by atoms with Gasteiger partial charge >= 0.3 is 25.4 Å². The van der Waals surface area contributed by atoms with Gasteiger partial charge in [0.1, 0.15) is 0 Å². The number of carbonyl (C=O) groups is 1. The summed E-state index contributed by atoms with van der Waals surface area (Å²) in [5, 5.41) is 8.32. The number of hydrogen-bond donors (Lipinski definition) is 2. The average Bonchev–Trinajstić information content (AvgIpc) is 2.08. The fourth-order valence-electron chi connectivity index (χ4n) is 1.06. The van der Waals surface area contributed by atoms with E-state index in [0.717, 1.165) is 12.8 Å². The van der Waals surface area contributed by atoms with E-state index in [1.165, 1.54) is 25.7 Å². The van der Waals surface area contributed by atoms with E-state index in [4.69, 9.17) is 24.4 Å². The molecule has 2 N–H and O–H groups in total. The van der Waals surface area contributed by atoms with Gasteiger partial charge in [-0.15, -0.1) is 0 Å². The molecule has 0 amide bonds. The summed E-state index contributed by atoms with van der Waals surface area (Å²) >= 11 is 0. The topological polar surface area (TPSA) is 121 Å². The normalized spacial score (nSPS) is 9.88. The molecule has 0 saturated carbocycles. The Bertz CT molecular complexity index is 209. The van der Waals surface area contributed by atoms with Crippen molar-refractivity contribution in [1.29, 1.82) is 0 Å². The minimum atomic E-state index is -5.14. The van der Waals surface area contributed by atoms with Crippen LogP contribution in [0.2, 0.25) is 0 Å². The number of carboxylic acid groups (broad SMARTS) is 1. The number of unbranched alkanes of at least 4 members (excludes halogenated alkanes) is 5. The molecule has 0 rings (SSSR count). The van der Waals surface area contributed by atoms with Gasteiger partial charge in [-0.25, -0.2) is 0 Å². The number of carboxylic acids is 1. The van der Waals surface area contributed by atoms with Gasteiger partial charge in [-0.2, -0.15) is 0 Å². The molecule has 0 aromatic rings. The van der Waals surface area contributed by atoms with Crippen LogP contribution in [0, 0.1) is 0 Å². The van der Waals surface area contributed by atoms with E-state index in [1.54, 1.807) is 0 Å². The molecular weight excluding hydrogens is 300 g/mol. The third-order valence-electron chi connectivity index (χ3n) is 1.74. The molecule has 98 valence electrons. The predicted octanol–water partition coefficient (Wildman–Crippen LogP) is 0.626. The van der Waals surface area contributed by atoms with Crippen molar-refractivity contribution in [2.45, 2.75) is 51.9 Å². The van der Waals surface area contributed by atoms with Gasteiger partial charge < -0.3 is 24.4 Å². The molecule has 0 aromatic carbocycles. The van der Waals surface area contributed by atoms with Crippen LogP contribution in [0.1, 0.15) is 51.9 Å². The first-order chi connectivity index (χ1) is 7.27. The van der Waals surface area contributed by atoms with Crippen molar-refractivity contribution >= 4 is 13.8 Å². The Hall–Kier alpha value is 0.203. The minimum Gasteiger partial charge on any atom is -0.790 e. The maximum Gasteiger partial charge on any atom is 2.00 e. The Morgan fingerprint density at radius 3 is 1.82 bits per heavy atom. The summed E-state index contributed by atoms with van der Waals surface area (Å²) in [6.45, 7) is 2.18. The molecule has 0 unspecified atom stereocenters. The van der Waals surface area contributed by atoms with E-state index in [9.17, 15) is 4.79 Å². The molecule has 8 heteroatoms. The van der Waals surface area contributed by atoms with Crippen molar-refractivity contribution in [1.82, 2.24) is 0 Å². The number of aliphatic carboxylic acids is 1. The van der Waals surface area contributed by atoms with Crippen LogP contribution in [0.3, 0.4) is 0 Å². The summed E-state index contributed by atoms with van der Waals surface area (Å²) < 4.78 is 8.66. The second-order valence-electron chi connectivity index (χ2n) is 3.38. The van der Waals surface area contributed by atoms with Crippen molar-refractivity contribution in [3.8, 4) is 0 Å². The summed E-state index contributed by atoms with van der Waals surface area (Å²) in [5.41, 5.74) is 0. The van der Waals surface area contributed by atoms with E-state index in [0.29, 0.717) is 6.42 Å². The summed E-state index contributed by atoms with van der Waals surface area (Å²) in [6, 6.07) is 0. The molecule has 0 aliphatic rings. The molecule has 17 heavy (non-hydrogen) atoms. The Kier molecular flexibility index (Phi) is 18.8. The average molecular weight is 320 g/mol. The van der Waals surface area contributed by atoms with Gasteiger partial charge in [0.25, 0.3) is 0 Å². The molecule has 0 radical (unpaired) electrons. The van der Waals surface area contributed by atoms with Gasteiger partial charge in [-0.3, -0.25) is 4.79 Å². The summed E-state index contributed by atoms with van der Waals surface area (Å²) in [4.78, 5) is 34.4. The summed E-state index contributed by atoms with van der Waals surface area (Å²) in [5.74, 6) is -0.666. The van der Waals surface area contributed by atoms with Crippen molar-refractivity contribution < 1.29 is 48.6 Å². The van der Waals surface area contributed by atoms with Crippen LogP contribution in [0.5, 0.6) is 0 Å². The van der Waals surface area contributed by atoms with Crippen LogP contribution in [0.15, 0.2) is 0 Å². The molecular formula is C9H19O6PZn. The van der Waals surface area contributed by atoms with Crippen LogP contribution in [-0.4, -0.2) is 16.0 Å². The number of rotatable bonds is 7. The zero-order valence-electron chi connectivity index (χ0n) is 10.1. The van der Waals surface area contributed by atoms with E-state index in [2.05, 4.69) is 6.92 Å². The van der Waals surface area contributed by atoms with Gasteiger partial charge in [-0.1, -0.05) is 39.0 Å². The van der Waals surface area contributed by atoms with Crippen molar-refractivity contribution in [3.63, 3.8) is 0 Å². The van der Waals surface area contributed by atoms with E-state index < -0.39 is 13.8 Å². The zero-order chi connectivity index (χ0) is 13.0. The van der Waals surface area contributed by atoms with Crippen molar-refractivity contribution in [3.05, 3.63) is 0 Å². The van der Waals surface area contributed by atoms with Crippen LogP contribution in [0.25, 0.3) is 0 Å². The van der Waals surface area contributed by atoms with Crippen LogP contribution < -0.4 is 9.79 Å². The van der Waals surface area contributed by atoms with E-state index in [-0.39, 0.29) is 19.5 Å². The van der Waals surface area contributed by atoms with Gasteiger partial charge in [-0.05, 0) is 6.42 Å². The summed E-state index contributed by atoms with van der Waals surface area (Å²) in [7, 11) is -5.14. The molecule has 0 heterocycles. The largest absolute Gasteiger partial charge is 2.00 e. The maximum atomic E-state index is 10.1. The smallest absolute Gasteiger partial charge is 0.790 e. The van der Waals surface area contributed by atoms with Gasteiger partial charge in [0.2, 0.25) is 0 Å². The van der Waals surface area contributed by atoms with Crippen LogP contribution in [-0.2, 0) is 28.8 Å². The fourth-order valence-corrected chi connectivity index (χ4v) is 1.06. The maximum absolute atomic E-state index is 10.1. The van der Waals surface area contributed by atoms with Gasteiger partial charge in [0.15, 0.2) is 0 Å². The molecule has 0 aromatic heterocycles. The zero-order valence-corrected chi connectivity index (χ0v) is 14.0. The second-order valence-corrected chi connectivity index (χ2v) is 4.32. The van der Waals surface area contributed by atoms with Crippen molar-refractivity contribution in [2.75, 3.05) is 0 Å². The van der Waals surface area contributed by atoms with Crippen LogP contribution >= 0.6 is 7.82 Å². The first-order valence-electron chi connectivity index (χ1n) is 5.24. The van der Waals surface area contributed by atoms with Gasteiger partial charge in [0.05, 0.1) is 7.82 Å². The van der Waals surface area contributed by atoms with Crippen LogP contribution in [0.4, 0.5) is 0 Å². The molecule has 0 spiro atoms. The van der Waals surface area contributed by atoms with Crippen molar-refractivity contribution in [2.24, 2.45) is 0 Å². The third-order valence-corrected chi connectivity index (χ3v) is 1.74. The number of phosphoric acid groups is 1. The number of hydrogen-bond acceptors (Lipinski definition) is 4. The van der Waals surface area contributed by atoms with E-state index in [1.807, 2.05) is 0 Å². The Balaban J connectivity index is -0.000000280. The standard InChI is InChI=1S/C9H18O2.H3O4P.Zn/c1-2-3-4-5-6-7-8-9(10)11;1-5(2,3)4;/h2-8H2,1H3,(H,10,11);(H3,1,2,3,4);/q;;+2/p-2. The second kappa shape index (κ2) is 14.3. The predicted molar refractivity (Wildman–Crippen MR) is 55.5 cm³/mol. The minimum absolute atomic E-state index is 0. The molecule has 6 nitrogen and oxygen atoms in total. The molecule has 0 atom stereocenters. The molecule has 0 aliphatic heterocycles. The first-order valence-corrected chi connectivity index (χ1v) is 6.73. The molecule has 0 aliphatic carbocycles. The first kappa shape index (κ1) is 22.4. The molecule has 0 saturated heterocycles. The third kappa shape index (κ3) is 48.6. The monoisotopic (exact) mass is 318 g/mol. The van der Waals surface area contributed by atoms with Gasteiger partial charge in [0, 0.05) is 6.42 Å². The summed E-state index contributed by atoms with van der Waals surface area (Å²) in [6.07, 6.45) is 7.25. The molecule has 0 bridgehead atoms. The Morgan fingerprint density at radius 2 is 1.47 bits per heavy atom. The fraction of sp³-hybridized carbons (Fsp3) is 0.889. The quantitative estimate of drug-likeness (QED) is 0.403. The SMILES string of the molecule is CCCCCCCCC(=O)O.O=P([O-])([O-])O.[Zn+2]. The molecule has 0 fully saturated rings. The Labute approximate surface area is 114 Å². The Morgan fingerprint density at radius 1 is 1.12 bits per heavy atom. The van der Waals surface area contributed by atoms with E-state index >= 15 is 0 Å².